The average Bonchev–Trinajstić information content (AvgIpc) is 2.96. The molecule has 0 saturated carbocycles. The number of aliphatic hydroxyl groups is 1. The Bertz CT molecular complexity index is 632. The molecular weight excluding hydrogens is 315 g/mol. The molecule has 1 heterocycles. The van der Waals surface area contributed by atoms with Gasteiger partial charge in [-0.3, -0.25) is 0 Å². The fourth-order valence-electron chi connectivity index (χ4n) is 1.69. The van der Waals surface area contributed by atoms with E-state index in [2.05, 4.69) is 10.6 Å². The molecule has 2 amide bonds. The number of amides is 2. The van der Waals surface area contributed by atoms with E-state index in [1.54, 1.807) is 18.4 Å². The number of carbonyl (C=O) groups excluding carboxylic acids is 1. The first-order valence-electron chi connectivity index (χ1n) is 6.13. The first-order chi connectivity index (χ1) is 9.88. The number of hydrogen-bond acceptors (Lipinski definition) is 3. The molecule has 7 heteroatoms. The van der Waals surface area contributed by atoms with Crippen LogP contribution in [0.5, 0.6) is 0 Å². The number of nitrogens with one attached hydrogen (secondary N) is 2. The third-order valence-corrected chi connectivity index (χ3v) is 3.83. The van der Waals surface area contributed by atoms with Crippen molar-refractivity contribution >= 4 is 34.7 Å². The van der Waals surface area contributed by atoms with Gasteiger partial charge in [0.2, 0.25) is 0 Å². The van der Waals surface area contributed by atoms with Gasteiger partial charge in [-0.2, -0.15) is 11.3 Å². The third-order valence-electron chi connectivity index (χ3n) is 2.91. The lowest BCUT2D eigenvalue weighted by atomic mass is 9.99. The standard InChI is InChI=1S/C14H14ClFN2O2S/c1-14(20,9-4-5-21-7-9)8-17-13(19)18-12-6-10(15)2-3-11(12)16/h2-7,20H,8H2,1H3,(H2,17,18,19)/t14-/m1/s1. The Morgan fingerprint density at radius 3 is 2.90 bits per heavy atom. The predicted octanol–water partition coefficient (Wildman–Crippen LogP) is 3.57. The number of hydrogen-bond donors (Lipinski definition) is 3. The number of anilines is 1. The summed E-state index contributed by atoms with van der Waals surface area (Å²) in [7, 11) is 0. The molecule has 0 bridgehead atoms. The van der Waals surface area contributed by atoms with Gasteiger partial charge in [0, 0.05) is 5.02 Å². The van der Waals surface area contributed by atoms with Crippen molar-refractivity contribution in [2.75, 3.05) is 11.9 Å². The van der Waals surface area contributed by atoms with Gasteiger partial charge < -0.3 is 15.7 Å². The summed E-state index contributed by atoms with van der Waals surface area (Å²) in [5.41, 5.74) is -0.499. The lowest BCUT2D eigenvalue weighted by molar-refractivity contribution is 0.0604. The first kappa shape index (κ1) is 15.8. The van der Waals surface area contributed by atoms with Crippen LogP contribution in [0.4, 0.5) is 14.9 Å². The molecule has 0 aliphatic carbocycles. The van der Waals surface area contributed by atoms with E-state index in [1.807, 2.05) is 5.38 Å². The van der Waals surface area contributed by atoms with Crippen molar-refractivity contribution in [1.82, 2.24) is 5.32 Å². The van der Waals surface area contributed by atoms with Gasteiger partial charge in [0.25, 0.3) is 0 Å². The molecule has 21 heavy (non-hydrogen) atoms. The molecule has 1 atom stereocenters. The van der Waals surface area contributed by atoms with E-state index in [0.717, 1.165) is 0 Å². The second-order valence-electron chi connectivity index (χ2n) is 4.72. The van der Waals surface area contributed by atoms with E-state index in [1.165, 1.54) is 29.5 Å². The zero-order valence-corrected chi connectivity index (χ0v) is 12.8. The maximum Gasteiger partial charge on any atom is 0.319 e. The number of urea groups is 1. The molecule has 0 radical (unpaired) electrons. The molecule has 3 N–H and O–H groups in total. The van der Waals surface area contributed by atoms with Crippen LogP contribution in [0.15, 0.2) is 35.0 Å². The van der Waals surface area contributed by atoms with Gasteiger partial charge in [-0.15, -0.1) is 0 Å². The molecule has 0 fully saturated rings. The molecule has 0 unspecified atom stereocenters. The molecule has 1 aromatic heterocycles. The quantitative estimate of drug-likeness (QED) is 0.803. The van der Waals surface area contributed by atoms with Gasteiger partial charge in [-0.1, -0.05) is 11.6 Å². The van der Waals surface area contributed by atoms with Gasteiger partial charge in [0.1, 0.15) is 11.4 Å². The number of thiophene rings is 1. The van der Waals surface area contributed by atoms with Crippen LogP contribution in [0.1, 0.15) is 12.5 Å². The van der Waals surface area contributed by atoms with Crippen LogP contribution in [0, 0.1) is 5.82 Å². The smallest absolute Gasteiger partial charge is 0.319 e. The van der Waals surface area contributed by atoms with Gasteiger partial charge in [0.15, 0.2) is 0 Å². The molecule has 112 valence electrons. The van der Waals surface area contributed by atoms with Crippen molar-refractivity contribution < 1.29 is 14.3 Å². The van der Waals surface area contributed by atoms with E-state index >= 15 is 0 Å². The monoisotopic (exact) mass is 328 g/mol. The summed E-state index contributed by atoms with van der Waals surface area (Å²) in [6.07, 6.45) is 0. The fourth-order valence-corrected chi connectivity index (χ4v) is 2.64. The van der Waals surface area contributed by atoms with E-state index in [4.69, 9.17) is 11.6 Å². The summed E-state index contributed by atoms with van der Waals surface area (Å²) >= 11 is 7.19. The SMILES string of the molecule is C[C@@](O)(CNC(=O)Nc1cc(Cl)ccc1F)c1ccsc1. The molecule has 1 aromatic carbocycles. The Balaban J connectivity index is 1.95. The summed E-state index contributed by atoms with van der Waals surface area (Å²) in [5, 5.41) is 19.1. The lowest BCUT2D eigenvalue weighted by Gasteiger charge is -2.22. The molecule has 2 aromatic rings. The Morgan fingerprint density at radius 2 is 2.24 bits per heavy atom. The Kier molecular flexibility index (Phi) is 4.82. The molecule has 0 aliphatic heterocycles. The second kappa shape index (κ2) is 6.43. The number of benzene rings is 1. The highest BCUT2D eigenvalue weighted by Gasteiger charge is 2.24. The molecule has 0 saturated heterocycles. The van der Waals surface area contributed by atoms with Crippen molar-refractivity contribution in [2.45, 2.75) is 12.5 Å². The zero-order chi connectivity index (χ0) is 15.5. The van der Waals surface area contributed by atoms with Gasteiger partial charge in [-0.25, -0.2) is 9.18 Å². The van der Waals surface area contributed by atoms with Crippen LogP contribution in [-0.2, 0) is 5.60 Å². The van der Waals surface area contributed by atoms with E-state index in [-0.39, 0.29) is 12.2 Å². The number of carbonyl (C=O) groups is 1. The van der Waals surface area contributed by atoms with E-state index in [0.29, 0.717) is 10.6 Å². The van der Waals surface area contributed by atoms with Crippen LogP contribution >= 0.6 is 22.9 Å². The summed E-state index contributed by atoms with van der Waals surface area (Å²) in [6.45, 7) is 1.59. The molecule has 2 rings (SSSR count). The largest absolute Gasteiger partial charge is 0.384 e. The van der Waals surface area contributed by atoms with Crippen molar-refractivity contribution in [2.24, 2.45) is 0 Å². The zero-order valence-electron chi connectivity index (χ0n) is 11.2. The summed E-state index contributed by atoms with van der Waals surface area (Å²) in [5.74, 6) is -0.584. The van der Waals surface area contributed by atoms with Crippen LogP contribution < -0.4 is 10.6 Å². The Morgan fingerprint density at radius 1 is 1.48 bits per heavy atom. The molecule has 0 spiro atoms. The third kappa shape index (κ3) is 4.17. The topological polar surface area (TPSA) is 61.4 Å². The maximum atomic E-state index is 13.5. The second-order valence-corrected chi connectivity index (χ2v) is 5.93. The van der Waals surface area contributed by atoms with Gasteiger partial charge in [-0.05, 0) is 47.5 Å². The number of halogens is 2. The highest BCUT2D eigenvalue weighted by Crippen LogP contribution is 2.22. The van der Waals surface area contributed by atoms with Crippen LogP contribution in [0.25, 0.3) is 0 Å². The lowest BCUT2D eigenvalue weighted by Crippen LogP contribution is -2.40. The van der Waals surface area contributed by atoms with Crippen molar-refractivity contribution in [3.8, 4) is 0 Å². The highest BCUT2D eigenvalue weighted by atomic mass is 35.5. The predicted molar refractivity (Wildman–Crippen MR) is 82.3 cm³/mol. The van der Waals surface area contributed by atoms with Crippen molar-refractivity contribution in [1.29, 1.82) is 0 Å². The van der Waals surface area contributed by atoms with E-state index in [9.17, 15) is 14.3 Å². The summed E-state index contributed by atoms with van der Waals surface area (Å²) in [4.78, 5) is 11.8. The van der Waals surface area contributed by atoms with E-state index < -0.39 is 17.4 Å². The minimum absolute atomic E-state index is 0.00223. The minimum atomic E-state index is -1.19. The fraction of sp³-hybridized carbons (Fsp3) is 0.214. The average molecular weight is 329 g/mol. The molecular formula is C14H14ClFN2O2S. The molecule has 4 nitrogen and oxygen atoms in total. The van der Waals surface area contributed by atoms with Gasteiger partial charge in [0.05, 0.1) is 12.2 Å². The summed E-state index contributed by atoms with van der Waals surface area (Å²) < 4.78 is 13.5. The van der Waals surface area contributed by atoms with Crippen molar-refractivity contribution in [3.05, 3.63) is 51.4 Å². The Labute approximate surface area is 130 Å². The maximum absolute atomic E-state index is 13.5. The molecule has 0 aliphatic rings. The van der Waals surface area contributed by atoms with Gasteiger partial charge >= 0.3 is 6.03 Å². The number of rotatable bonds is 4. The van der Waals surface area contributed by atoms with Crippen molar-refractivity contribution in [3.63, 3.8) is 0 Å². The summed E-state index contributed by atoms with van der Waals surface area (Å²) in [6, 6.07) is 5.03. The van der Waals surface area contributed by atoms with Crippen LogP contribution in [-0.4, -0.2) is 17.7 Å². The minimum Gasteiger partial charge on any atom is -0.384 e. The van der Waals surface area contributed by atoms with Crippen LogP contribution in [0.3, 0.4) is 0 Å². The normalized spacial score (nSPS) is 13.5. The Hall–Kier alpha value is -1.63. The first-order valence-corrected chi connectivity index (χ1v) is 7.45. The highest BCUT2D eigenvalue weighted by molar-refractivity contribution is 7.08. The van der Waals surface area contributed by atoms with Crippen LogP contribution in [0.2, 0.25) is 5.02 Å².